The van der Waals surface area contributed by atoms with Crippen molar-refractivity contribution in [1.29, 1.82) is 5.26 Å². The number of cyclic esters (lactones) is 1. The van der Waals surface area contributed by atoms with Crippen LogP contribution in [0.3, 0.4) is 0 Å². The van der Waals surface area contributed by atoms with E-state index in [9.17, 15) is 29.1 Å². The number of nitriles is 1. The van der Waals surface area contributed by atoms with Crippen molar-refractivity contribution in [3.8, 4) is 34.6 Å². The van der Waals surface area contributed by atoms with E-state index in [0.29, 0.717) is 52.1 Å². The fourth-order valence-electron chi connectivity index (χ4n) is 12.0. The number of carbonyl (C=O) groups excluding carboxylic acids is 3. The first-order valence-corrected chi connectivity index (χ1v) is 27.0. The number of nitrogens with zero attached hydrogens (tertiary/aromatic N) is 8. The summed E-state index contributed by atoms with van der Waals surface area (Å²) in [5.41, 5.74) is 6.04. The Morgan fingerprint density at radius 3 is 2.70 bits per heavy atom. The SMILES string of the molecule is C=C(COC(=O)Nc1cc2cc3c(nc2cc1F)-c1cc2c(c(=S)n1C3)COC(=O)[C@]2(O)CC)C(=O)N1CCN(c2nc(OC[C@@]34CCCN3C[C@H](F)C4)nc3c(F)c(-c4ccc(F)c5sc(N)c(C#N)c45)c(Cl)cc23)[C@@H](C)C1. The van der Waals surface area contributed by atoms with Crippen molar-refractivity contribution in [1.82, 2.24) is 29.3 Å². The zero-order valence-electron chi connectivity index (χ0n) is 42.4. The number of fused-ring (bicyclic) bond motifs is 8. The Bertz CT molecular complexity index is 3970. The highest BCUT2D eigenvalue weighted by Gasteiger charge is 2.50. The lowest BCUT2D eigenvalue weighted by molar-refractivity contribution is -0.172. The lowest BCUT2D eigenvalue weighted by Crippen LogP contribution is -2.54. The highest BCUT2D eigenvalue weighted by Crippen LogP contribution is 2.47. The maximum atomic E-state index is 17.4. The highest BCUT2D eigenvalue weighted by atomic mass is 35.5. The van der Waals surface area contributed by atoms with E-state index in [4.69, 9.17) is 53.7 Å². The normalized spacial score (nSPS) is 21.4. The molecule has 4 atom stereocenters. The van der Waals surface area contributed by atoms with Crippen molar-refractivity contribution in [3.63, 3.8) is 0 Å². The van der Waals surface area contributed by atoms with E-state index in [1.165, 1.54) is 23.1 Å². The Hall–Kier alpha value is -7.49. The van der Waals surface area contributed by atoms with Crippen LogP contribution in [0.5, 0.6) is 6.01 Å². The van der Waals surface area contributed by atoms with E-state index < -0.39 is 65.4 Å². The van der Waals surface area contributed by atoms with Crippen molar-refractivity contribution in [2.24, 2.45) is 0 Å². The summed E-state index contributed by atoms with van der Waals surface area (Å²) in [6, 6.07) is 11.3. The third kappa shape index (κ3) is 8.48. The van der Waals surface area contributed by atoms with Gasteiger partial charge in [0.1, 0.15) is 64.7 Å². The topological polar surface area (TPSA) is 214 Å². The number of rotatable bonds is 10. The van der Waals surface area contributed by atoms with Gasteiger partial charge in [0.25, 0.3) is 5.91 Å². The highest BCUT2D eigenvalue weighted by molar-refractivity contribution is 7.71. The second-order valence-electron chi connectivity index (χ2n) is 20.6. The number of esters is 1. The van der Waals surface area contributed by atoms with Gasteiger partial charge in [-0.05, 0) is 68.6 Å². The van der Waals surface area contributed by atoms with Crippen molar-refractivity contribution < 1.29 is 51.3 Å². The maximum absolute atomic E-state index is 17.4. The maximum Gasteiger partial charge on any atom is 0.412 e. The summed E-state index contributed by atoms with van der Waals surface area (Å²) >= 11 is 13.6. The van der Waals surface area contributed by atoms with Gasteiger partial charge in [-0.15, -0.1) is 11.3 Å². The average Bonchev–Trinajstić information content (AvgIpc) is 4.20. The molecule has 3 fully saturated rings. The number of aromatic nitrogens is 4. The third-order valence-electron chi connectivity index (χ3n) is 16.0. The van der Waals surface area contributed by atoms with Crippen LogP contribution in [0.25, 0.3) is 54.4 Å². The molecule has 4 aromatic heterocycles. The zero-order valence-corrected chi connectivity index (χ0v) is 44.7. The van der Waals surface area contributed by atoms with Gasteiger partial charge in [-0.25, -0.2) is 32.1 Å². The molecule has 0 unspecified atom stereocenters. The summed E-state index contributed by atoms with van der Waals surface area (Å²) in [6.07, 6.45) is -0.231. The molecule has 2 amide bonds. The van der Waals surface area contributed by atoms with Gasteiger partial charge in [-0.3, -0.25) is 15.0 Å². The molecule has 3 aromatic carbocycles. The lowest BCUT2D eigenvalue weighted by atomic mass is 9.86. The van der Waals surface area contributed by atoms with Crippen LogP contribution in [0.4, 0.5) is 38.9 Å². The predicted octanol–water partition coefficient (Wildman–Crippen LogP) is 9.60. The molecule has 9 heterocycles. The number of piperazine rings is 1. The number of hydrogen-bond acceptors (Lipinski definition) is 16. The van der Waals surface area contributed by atoms with Gasteiger partial charge in [-0.1, -0.05) is 43.4 Å². The summed E-state index contributed by atoms with van der Waals surface area (Å²) in [6.45, 7) is 8.46. The van der Waals surface area contributed by atoms with E-state index in [-0.39, 0.29) is 129 Å². The van der Waals surface area contributed by atoms with Crippen LogP contribution in [-0.4, -0.2) is 116 Å². The first kappa shape index (κ1) is 52.2. The van der Waals surface area contributed by atoms with Gasteiger partial charge in [0.15, 0.2) is 11.4 Å². The fourth-order valence-corrected chi connectivity index (χ4v) is 13.6. The first-order chi connectivity index (χ1) is 37.8. The molecular formula is C55H47ClF4N10O7S2. The van der Waals surface area contributed by atoms with Crippen LogP contribution in [0.15, 0.2) is 54.6 Å². The van der Waals surface area contributed by atoms with Crippen LogP contribution in [0.2, 0.25) is 5.02 Å². The number of aliphatic hydroxyl groups is 1. The first-order valence-electron chi connectivity index (χ1n) is 25.4. The Morgan fingerprint density at radius 2 is 1.92 bits per heavy atom. The number of thiophene rings is 1. The Kier molecular flexibility index (Phi) is 12.8. The van der Waals surface area contributed by atoms with Gasteiger partial charge >= 0.3 is 18.1 Å². The molecule has 5 aliphatic rings. The molecule has 79 heavy (non-hydrogen) atoms. The van der Waals surface area contributed by atoms with Crippen molar-refractivity contribution in [2.45, 2.75) is 76.0 Å². The summed E-state index contributed by atoms with van der Waals surface area (Å²) in [5.74, 6) is -3.42. The van der Waals surface area contributed by atoms with E-state index in [1.54, 1.807) is 19.1 Å². The number of hydrogen-bond donors (Lipinski definition) is 3. The molecule has 0 radical (unpaired) electrons. The molecule has 24 heteroatoms. The quantitative estimate of drug-likeness (QED) is 0.0503. The van der Waals surface area contributed by atoms with E-state index >= 15 is 13.2 Å². The summed E-state index contributed by atoms with van der Waals surface area (Å²) in [5, 5.41) is 24.5. The number of nitrogen functional groups attached to an aromatic ring is 1. The van der Waals surface area contributed by atoms with E-state index in [1.807, 2.05) is 22.5 Å². The minimum atomic E-state index is -1.88. The summed E-state index contributed by atoms with van der Waals surface area (Å²) < 4.78 is 82.3. The fraction of sp³-hybridized carbons (Fsp3) is 0.345. The summed E-state index contributed by atoms with van der Waals surface area (Å²) in [7, 11) is 0. The molecule has 7 aromatic rings. The second-order valence-corrected chi connectivity index (χ2v) is 22.5. The molecule has 5 aliphatic heterocycles. The van der Waals surface area contributed by atoms with Crippen molar-refractivity contribution >= 4 is 102 Å². The van der Waals surface area contributed by atoms with Gasteiger partial charge in [0.2, 0.25) is 0 Å². The monoisotopic (exact) mass is 1130 g/mol. The Balaban J connectivity index is 0.756. The number of alkyl halides is 1. The van der Waals surface area contributed by atoms with E-state index in [2.05, 4.69) is 21.8 Å². The minimum absolute atomic E-state index is 0.0254. The molecular weight excluding hydrogens is 1090 g/mol. The number of nitrogens with one attached hydrogen (secondary N) is 1. The number of halogens is 5. The van der Waals surface area contributed by atoms with Gasteiger partial charge in [0, 0.05) is 88.7 Å². The number of amides is 2. The Labute approximate surface area is 461 Å². The summed E-state index contributed by atoms with van der Waals surface area (Å²) in [4.78, 5) is 59.2. The van der Waals surface area contributed by atoms with Crippen LogP contribution in [-0.2, 0) is 37.8 Å². The molecule has 0 bridgehead atoms. The van der Waals surface area contributed by atoms with Crippen molar-refractivity contribution in [2.75, 3.05) is 61.9 Å². The molecule has 0 aliphatic carbocycles. The number of ether oxygens (including phenoxy) is 3. The molecule has 3 saturated heterocycles. The van der Waals surface area contributed by atoms with E-state index in [0.717, 1.165) is 35.5 Å². The minimum Gasteiger partial charge on any atom is -0.461 e. The van der Waals surface area contributed by atoms with Gasteiger partial charge in [-0.2, -0.15) is 15.2 Å². The molecule has 0 saturated carbocycles. The number of nitrogens with two attached hydrogens (primary N) is 1. The third-order valence-corrected chi connectivity index (χ3v) is 17.8. The standard InChI is InChI=1S/C55H47ClF4N10O7S2/c1-4-55(74)34-15-40-44-28(20-70(40)50(78)33(34)23-75-51(55)72)12-27-13-39(37(59)16-38(27)63-44)64-53(73)76-22-25(2)49(71)67-10-11-69(26(3)19-67)48-31-14-35(56)42(30-6-7-36(58)46-41(30)32(18-61)47(62)79-46)43(60)45(31)65-52(66-48)77-24-54-8-5-9-68(54)21-29(57)17-54/h6-7,12-16,26,29,74H,2,4-5,8-11,17,19-24,62H2,1,3H3,(H,64,73)/t26-,29+,54-,55-/m0/s1. The lowest BCUT2D eigenvalue weighted by Gasteiger charge is -2.41. The van der Waals surface area contributed by atoms with Crippen LogP contribution >= 0.6 is 35.2 Å². The van der Waals surface area contributed by atoms with Crippen LogP contribution < -0.4 is 20.7 Å². The van der Waals surface area contributed by atoms with Gasteiger partial charge in [0.05, 0.1) is 50.0 Å². The Morgan fingerprint density at radius 1 is 1.11 bits per heavy atom. The molecule has 4 N–H and O–H groups in total. The van der Waals surface area contributed by atoms with Crippen LogP contribution in [0.1, 0.15) is 61.8 Å². The molecule has 12 rings (SSSR count). The number of carbonyl (C=O) groups is 3. The number of benzene rings is 3. The molecule has 406 valence electrons. The molecule has 0 spiro atoms. The number of anilines is 3. The smallest absolute Gasteiger partial charge is 0.412 e. The number of pyridine rings is 2. The average molecular weight is 1140 g/mol. The largest absolute Gasteiger partial charge is 0.461 e. The predicted molar refractivity (Wildman–Crippen MR) is 290 cm³/mol. The van der Waals surface area contributed by atoms with Crippen molar-refractivity contribution in [3.05, 3.63) is 104 Å². The zero-order chi connectivity index (χ0) is 55.6. The van der Waals surface area contributed by atoms with Crippen LogP contribution in [0, 0.1) is 33.4 Å². The van der Waals surface area contributed by atoms with Gasteiger partial charge < -0.3 is 39.4 Å². The second kappa shape index (κ2) is 19.4. The molecule has 17 nitrogen and oxygen atoms in total.